The smallest absolute Gasteiger partial charge is 0.274 e. The highest BCUT2D eigenvalue weighted by Gasteiger charge is 2.31. The molecular weight excluding hydrogens is 509 g/mol. The van der Waals surface area contributed by atoms with Gasteiger partial charge >= 0.3 is 0 Å². The van der Waals surface area contributed by atoms with Crippen LogP contribution in [0.3, 0.4) is 0 Å². The van der Waals surface area contributed by atoms with E-state index in [0.717, 1.165) is 39.6 Å². The Morgan fingerprint density at radius 2 is 1.95 bits per heavy atom. The number of amides is 1. The summed E-state index contributed by atoms with van der Waals surface area (Å²) in [4.78, 5) is 33.3. The van der Waals surface area contributed by atoms with Crippen molar-refractivity contribution in [1.29, 1.82) is 0 Å². The number of anilines is 4. The van der Waals surface area contributed by atoms with Crippen LogP contribution >= 0.6 is 0 Å². The maximum atomic E-state index is 14.4. The monoisotopic (exact) mass is 537 g/mol. The lowest BCUT2D eigenvalue weighted by molar-refractivity contribution is 0.102. The van der Waals surface area contributed by atoms with Crippen LogP contribution in [0.1, 0.15) is 46.6 Å². The first-order valence-electron chi connectivity index (χ1n) is 12.9. The molecule has 0 unspecified atom stereocenters. The maximum Gasteiger partial charge on any atom is 0.274 e. The average Bonchev–Trinajstić information content (AvgIpc) is 3.58. The summed E-state index contributed by atoms with van der Waals surface area (Å²) in [6.45, 7) is 6.26. The third-order valence-corrected chi connectivity index (χ3v) is 6.86. The second kappa shape index (κ2) is 9.67. The van der Waals surface area contributed by atoms with Gasteiger partial charge in [-0.3, -0.25) is 19.5 Å². The van der Waals surface area contributed by atoms with Gasteiger partial charge in [0.25, 0.3) is 5.91 Å². The summed E-state index contributed by atoms with van der Waals surface area (Å²) in [5, 5.41) is 10.3. The van der Waals surface area contributed by atoms with Gasteiger partial charge in [-0.2, -0.15) is 10.1 Å². The number of amidine groups is 1. The molecule has 0 atom stereocenters. The van der Waals surface area contributed by atoms with Crippen molar-refractivity contribution in [2.75, 3.05) is 28.6 Å². The van der Waals surface area contributed by atoms with Crippen LogP contribution in [0.4, 0.5) is 27.5 Å². The summed E-state index contributed by atoms with van der Waals surface area (Å²) in [7, 11) is 1.85. The Bertz CT molecular complexity index is 1700. The highest BCUT2D eigenvalue weighted by Crippen LogP contribution is 2.37. The normalized spacial score (nSPS) is 14.3. The van der Waals surface area contributed by atoms with E-state index in [4.69, 9.17) is 9.98 Å². The highest BCUT2D eigenvalue weighted by molar-refractivity contribution is 6.36. The molecule has 0 radical (unpaired) electrons. The molecule has 2 N–H and O–H groups in total. The number of aryl methyl sites for hydroxylation is 2. The molecule has 2 aliphatic rings. The second-order valence-electron chi connectivity index (χ2n) is 10.3. The molecule has 40 heavy (non-hydrogen) atoms. The lowest BCUT2D eigenvalue weighted by Crippen LogP contribution is -2.32. The summed E-state index contributed by atoms with van der Waals surface area (Å²) in [5.74, 6) is 1.67. The summed E-state index contributed by atoms with van der Waals surface area (Å²) in [6.07, 6.45) is 8.84. The SMILES string of the molecule is Cc1ccc(NC(=O)c2cc(C(C)(C)F)ccn2)cc1C1=Cc2cnc(Nc3cnn(C)c3)nc2N2CCN=C12. The molecule has 0 saturated carbocycles. The molecule has 0 bridgehead atoms. The number of carbonyl (C=O) groups is 1. The van der Waals surface area contributed by atoms with E-state index in [9.17, 15) is 9.18 Å². The molecule has 1 amide bonds. The Kier molecular flexibility index (Phi) is 6.13. The minimum Gasteiger partial charge on any atom is -0.321 e. The molecule has 0 aliphatic carbocycles. The average molecular weight is 538 g/mol. The molecule has 3 aromatic heterocycles. The van der Waals surface area contributed by atoms with Gasteiger partial charge in [0.15, 0.2) is 0 Å². The van der Waals surface area contributed by atoms with E-state index in [1.807, 2.05) is 44.4 Å². The van der Waals surface area contributed by atoms with Crippen LogP contribution in [-0.2, 0) is 12.7 Å². The predicted molar refractivity (Wildman–Crippen MR) is 154 cm³/mol. The number of hydrogen-bond donors (Lipinski definition) is 2. The van der Waals surface area contributed by atoms with Crippen molar-refractivity contribution in [2.24, 2.45) is 12.0 Å². The van der Waals surface area contributed by atoms with E-state index < -0.39 is 11.6 Å². The number of aliphatic imine (C=N–C) groups is 1. The van der Waals surface area contributed by atoms with Gasteiger partial charge in [0.05, 0.1) is 18.4 Å². The number of fused-ring (bicyclic) bond motifs is 3. The van der Waals surface area contributed by atoms with Crippen LogP contribution in [0.15, 0.2) is 60.1 Å². The lowest BCUT2D eigenvalue weighted by Gasteiger charge is -2.28. The van der Waals surface area contributed by atoms with E-state index in [-0.39, 0.29) is 5.69 Å². The van der Waals surface area contributed by atoms with Gasteiger partial charge in [0.2, 0.25) is 5.95 Å². The van der Waals surface area contributed by atoms with Crippen molar-refractivity contribution in [3.05, 3.63) is 83.1 Å². The van der Waals surface area contributed by atoms with Gasteiger partial charge < -0.3 is 15.5 Å². The fourth-order valence-corrected chi connectivity index (χ4v) is 4.79. The summed E-state index contributed by atoms with van der Waals surface area (Å²) in [6, 6.07) is 8.76. The number of carbonyl (C=O) groups excluding carboxylic acids is 1. The van der Waals surface area contributed by atoms with Crippen molar-refractivity contribution in [3.63, 3.8) is 0 Å². The van der Waals surface area contributed by atoms with Crippen molar-refractivity contribution in [1.82, 2.24) is 24.7 Å². The first kappa shape index (κ1) is 25.4. The molecule has 5 heterocycles. The fraction of sp³-hybridized carbons (Fsp3) is 0.241. The van der Waals surface area contributed by atoms with Crippen LogP contribution in [-0.4, -0.2) is 49.6 Å². The Labute approximate surface area is 230 Å². The first-order valence-corrected chi connectivity index (χ1v) is 12.9. The molecule has 0 fully saturated rings. The third kappa shape index (κ3) is 4.81. The van der Waals surface area contributed by atoms with Gasteiger partial charge in [-0.25, -0.2) is 9.37 Å². The van der Waals surface area contributed by atoms with E-state index in [0.29, 0.717) is 30.3 Å². The molecule has 11 heteroatoms. The predicted octanol–water partition coefficient (Wildman–Crippen LogP) is 4.89. The summed E-state index contributed by atoms with van der Waals surface area (Å²) in [5.41, 5.74) is 4.11. The minimum atomic E-state index is -1.58. The number of pyridine rings is 1. The Morgan fingerprint density at radius 1 is 1.10 bits per heavy atom. The van der Waals surface area contributed by atoms with Crippen LogP contribution in [0.25, 0.3) is 11.6 Å². The van der Waals surface area contributed by atoms with Gasteiger partial charge in [-0.15, -0.1) is 0 Å². The molecule has 202 valence electrons. The van der Waals surface area contributed by atoms with Crippen molar-refractivity contribution < 1.29 is 9.18 Å². The minimum absolute atomic E-state index is 0.148. The molecule has 10 nitrogen and oxygen atoms in total. The lowest BCUT2D eigenvalue weighted by atomic mass is 9.94. The molecule has 0 spiro atoms. The first-order chi connectivity index (χ1) is 19.2. The number of nitrogens with zero attached hydrogens (tertiary/aromatic N) is 7. The maximum absolute atomic E-state index is 14.4. The standard InChI is InChI=1S/C29H28FN9O/c1-17-5-6-20(35-27(40)24-12-19(7-8-31-24)29(2,3)30)13-22(17)23-11-18-14-33-28(36-21-15-34-38(4)16-21)37-25(18)39-10-9-32-26(23)39/h5-8,11-16H,9-10H2,1-4H3,(H,35,40)(H,33,36,37). The van der Waals surface area contributed by atoms with E-state index in [1.54, 1.807) is 23.1 Å². The van der Waals surface area contributed by atoms with Crippen LogP contribution in [0, 0.1) is 6.92 Å². The summed E-state index contributed by atoms with van der Waals surface area (Å²) < 4.78 is 16.1. The third-order valence-electron chi connectivity index (χ3n) is 6.86. The number of rotatable bonds is 6. The van der Waals surface area contributed by atoms with Crippen molar-refractivity contribution in [3.8, 4) is 0 Å². The fourth-order valence-electron chi connectivity index (χ4n) is 4.79. The quantitative estimate of drug-likeness (QED) is 0.360. The van der Waals surface area contributed by atoms with E-state index >= 15 is 0 Å². The number of halogens is 1. The van der Waals surface area contributed by atoms with Crippen molar-refractivity contribution >= 4 is 46.5 Å². The molecular formula is C29H28FN9O. The van der Waals surface area contributed by atoms with E-state index in [1.165, 1.54) is 26.1 Å². The number of aromatic nitrogens is 5. The second-order valence-corrected chi connectivity index (χ2v) is 10.3. The highest BCUT2D eigenvalue weighted by atomic mass is 19.1. The van der Waals surface area contributed by atoms with Gasteiger partial charge in [-0.1, -0.05) is 6.07 Å². The Morgan fingerprint density at radius 3 is 2.73 bits per heavy atom. The topological polar surface area (TPSA) is 113 Å². The van der Waals surface area contributed by atoms with Crippen LogP contribution < -0.4 is 15.5 Å². The zero-order valence-corrected chi connectivity index (χ0v) is 22.6. The van der Waals surface area contributed by atoms with Gasteiger partial charge in [-0.05, 0) is 67.8 Å². The van der Waals surface area contributed by atoms with E-state index in [2.05, 4.69) is 30.6 Å². The number of benzene rings is 1. The number of nitrogens with one attached hydrogen (secondary N) is 2. The Balaban J connectivity index is 1.31. The largest absolute Gasteiger partial charge is 0.321 e. The molecule has 0 saturated heterocycles. The van der Waals surface area contributed by atoms with Crippen molar-refractivity contribution in [2.45, 2.75) is 26.4 Å². The molecule has 6 rings (SSSR count). The number of hydrogen-bond acceptors (Lipinski definition) is 8. The molecule has 2 aliphatic heterocycles. The van der Waals surface area contributed by atoms with Gasteiger partial charge in [0, 0.05) is 49.0 Å². The molecule has 1 aromatic carbocycles. The van der Waals surface area contributed by atoms with Gasteiger partial charge in [0.1, 0.15) is 23.0 Å². The summed E-state index contributed by atoms with van der Waals surface area (Å²) >= 11 is 0. The Hall–Kier alpha value is -4.93. The zero-order chi connectivity index (χ0) is 28.0. The molecule has 4 aromatic rings. The zero-order valence-electron chi connectivity index (χ0n) is 22.6. The van der Waals surface area contributed by atoms with Crippen LogP contribution in [0.5, 0.6) is 0 Å². The number of alkyl halides is 1. The van der Waals surface area contributed by atoms with Crippen LogP contribution in [0.2, 0.25) is 0 Å².